The van der Waals surface area contributed by atoms with E-state index in [2.05, 4.69) is 26.8 Å². The molecule has 1 amide bonds. The average Bonchev–Trinajstić information content (AvgIpc) is 2.88. The number of fused-ring (bicyclic) bond motifs is 5. The van der Waals surface area contributed by atoms with Gasteiger partial charge in [0.1, 0.15) is 23.6 Å². The van der Waals surface area contributed by atoms with Crippen LogP contribution < -0.4 is 9.64 Å². The fraction of sp³-hybridized carbons (Fsp3) is 0.556. The predicted molar refractivity (Wildman–Crippen MR) is 94.5 cm³/mol. The SMILES string of the molecule is CCCC1Oc2nccc3ncnc(c23)N2CC3CCC(C12)N3C(=O)O. The van der Waals surface area contributed by atoms with Gasteiger partial charge in [0.05, 0.1) is 23.6 Å². The minimum atomic E-state index is -0.833. The molecule has 26 heavy (non-hydrogen) atoms. The van der Waals surface area contributed by atoms with Crippen molar-refractivity contribution in [2.75, 3.05) is 11.4 Å². The Morgan fingerprint density at radius 1 is 1.35 bits per heavy atom. The fourth-order valence-electron chi connectivity index (χ4n) is 4.95. The summed E-state index contributed by atoms with van der Waals surface area (Å²) in [5.41, 5.74) is 0.809. The quantitative estimate of drug-likeness (QED) is 0.883. The molecule has 2 aromatic rings. The van der Waals surface area contributed by atoms with Crippen LogP contribution in [0.15, 0.2) is 18.6 Å². The number of ether oxygens (including phenoxy) is 1. The molecular weight excluding hydrogens is 334 g/mol. The Bertz CT molecular complexity index is 870. The maximum absolute atomic E-state index is 11.9. The molecule has 2 fully saturated rings. The Balaban J connectivity index is 1.70. The van der Waals surface area contributed by atoms with Crippen molar-refractivity contribution < 1.29 is 14.6 Å². The Morgan fingerprint density at radius 3 is 3.04 bits per heavy atom. The second kappa shape index (κ2) is 5.69. The minimum absolute atomic E-state index is 0.000682. The summed E-state index contributed by atoms with van der Waals surface area (Å²) in [6.07, 6.45) is 5.86. The number of nitrogens with zero attached hydrogens (tertiary/aromatic N) is 5. The molecule has 3 aliphatic rings. The lowest BCUT2D eigenvalue weighted by Gasteiger charge is -2.47. The van der Waals surface area contributed by atoms with Gasteiger partial charge in [0.25, 0.3) is 0 Å². The molecule has 136 valence electrons. The lowest BCUT2D eigenvalue weighted by atomic mass is 9.94. The molecule has 5 heterocycles. The second-order valence-corrected chi connectivity index (χ2v) is 7.28. The summed E-state index contributed by atoms with van der Waals surface area (Å²) in [6.45, 7) is 2.76. The zero-order valence-corrected chi connectivity index (χ0v) is 14.6. The fourth-order valence-corrected chi connectivity index (χ4v) is 4.95. The van der Waals surface area contributed by atoms with Gasteiger partial charge in [-0.3, -0.25) is 4.90 Å². The summed E-state index contributed by atoms with van der Waals surface area (Å²) in [4.78, 5) is 29.2. The Hall–Kier alpha value is -2.64. The highest BCUT2D eigenvalue weighted by atomic mass is 16.5. The highest BCUT2D eigenvalue weighted by Gasteiger charge is 2.53. The number of rotatable bonds is 2. The molecule has 4 atom stereocenters. The van der Waals surface area contributed by atoms with Gasteiger partial charge >= 0.3 is 6.09 Å². The summed E-state index contributed by atoms with van der Waals surface area (Å²) >= 11 is 0. The smallest absolute Gasteiger partial charge is 0.407 e. The Labute approximate surface area is 150 Å². The average molecular weight is 355 g/mol. The molecule has 8 heteroatoms. The molecule has 4 unspecified atom stereocenters. The van der Waals surface area contributed by atoms with Gasteiger partial charge in [0.15, 0.2) is 0 Å². The van der Waals surface area contributed by atoms with Gasteiger partial charge in [-0.2, -0.15) is 0 Å². The highest BCUT2D eigenvalue weighted by Crippen LogP contribution is 2.44. The number of hydrogen-bond donors (Lipinski definition) is 1. The number of hydrogen-bond acceptors (Lipinski definition) is 6. The number of carboxylic acid groups (broad SMARTS) is 1. The molecule has 1 N–H and O–H groups in total. The third-order valence-electron chi connectivity index (χ3n) is 5.91. The molecule has 0 spiro atoms. The first-order valence-corrected chi connectivity index (χ1v) is 9.23. The molecule has 0 aliphatic carbocycles. The first kappa shape index (κ1) is 15.6. The van der Waals surface area contributed by atoms with Gasteiger partial charge < -0.3 is 14.7 Å². The molecule has 5 rings (SSSR count). The van der Waals surface area contributed by atoms with Crippen LogP contribution in [0.3, 0.4) is 0 Å². The van der Waals surface area contributed by atoms with Crippen LogP contribution in [0.25, 0.3) is 10.9 Å². The largest absolute Gasteiger partial charge is 0.471 e. The summed E-state index contributed by atoms with van der Waals surface area (Å²) in [5, 5.41) is 10.6. The van der Waals surface area contributed by atoms with E-state index in [1.807, 2.05) is 6.07 Å². The molecule has 8 nitrogen and oxygen atoms in total. The highest BCUT2D eigenvalue weighted by molar-refractivity contribution is 5.94. The van der Waals surface area contributed by atoms with Gasteiger partial charge in [-0.1, -0.05) is 13.3 Å². The number of pyridine rings is 1. The van der Waals surface area contributed by atoms with Gasteiger partial charge in [0, 0.05) is 12.7 Å². The molecule has 0 radical (unpaired) electrons. The first-order chi connectivity index (χ1) is 12.7. The van der Waals surface area contributed by atoms with E-state index in [-0.39, 0.29) is 24.2 Å². The number of aromatic nitrogens is 3. The lowest BCUT2D eigenvalue weighted by Crippen LogP contribution is -2.65. The normalized spacial score (nSPS) is 29.3. The summed E-state index contributed by atoms with van der Waals surface area (Å²) in [5.74, 6) is 1.38. The van der Waals surface area contributed by atoms with E-state index >= 15 is 0 Å². The van der Waals surface area contributed by atoms with Gasteiger partial charge in [-0.25, -0.2) is 19.7 Å². The van der Waals surface area contributed by atoms with Crippen molar-refractivity contribution in [1.82, 2.24) is 19.9 Å². The lowest BCUT2D eigenvalue weighted by molar-refractivity contribution is 0.0617. The molecule has 0 saturated carbocycles. The van der Waals surface area contributed by atoms with E-state index in [1.54, 1.807) is 17.4 Å². The topological polar surface area (TPSA) is 91.7 Å². The number of piperazine rings is 1. The van der Waals surface area contributed by atoms with Crippen LogP contribution in [0.5, 0.6) is 5.88 Å². The van der Waals surface area contributed by atoms with E-state index in [1.165, 1.54) is 0 Å². The van der Waals surface area contributed by atoms with Crippen molar-refractivity contribution >= 4 is 22.8 Å². The summed E-state index contributed by atoms with van der Waals surface area (Å²) in [6, 6.07) is 1.73. The van der Waals surface area contributed by atoms with Crippen LogP contribution in [0.2, 0.25) is 0 Å². The Morgan fingerprint density at radius 2 is 2.23 bits per heavy atom. The number of carbonyl (C=O) groups is 1. The number of anilines is 1. The van der Waals surface area contributed by atoms with Crippen LogP contribution in [0, 0.1) is 0 Å². The van der Waals surface area contributed by atoms with Crippen molar-refractivity contribution in [3.05, 3.63) is 18.6 Å². The van der Waals surface area contributed by atoms with Gasteiger partial charge in [0.2, 0.25) is 5.88 Å². The van der Waals surface area contributed by atoms with Crippen LogP contribution in [-0.2, 0) is 0 Å². The molecule has 2 bridgehead atoms. The van der Waals surface area contributed by atoms with Crippen LogP contribution >= 0.6 is 0 Å². The predicted octanol–water partition coefficient (Wildman–Crippen LogP) is 2.29. The van der Waals surface area contributed by atoms with E-state index < -0.39 is 6.09 Å². The van der Waals surface area contributed by atoms with E-state index in [0.29, 0.717) is 12.4 Å². The minimum Gasteiger partial charge on any atom is -0.471 e. The van der Waals surface area contributed by atoms with Crippen molar-refractivity contribution in [3.63, 3.8) is 0 Å². The zero-order valence-electron chi connectivity index (χ0n) is 14.6. The maximum atomic E-state index is 11.9. The third kappa shape index (κ3) is 2.07. The second-order valence-electron chi connectivity index (χ2n) is 7.28. The molecule has 3 aliphatic heterocycles. The summed E-state index contributed by atoms with van der Waals surface area (Å²) < 4.78 is 6.37. The van der Waals surface area contributed by atoms with Crippen LogP contribution in [-0.4, -0.2) is 61.8 Å². The molecule has 2 saturated heterocycles. The van der Waals surface area contributed by atoms with E-state index in [4.69, 9.17) is 4.74 Å². The maximum Gasteiger partial charge on any atom is 0.407 e. The molecule has 2 aromatic heterocycles. The monoisotopic (exact) mass is 355 g/mol. The first-order valence-electron chi connectivity index (χ1n) is 9.23. The summed E-state index contributed by atoms with van der Waals surface area (Å²) in [7, 11) is 0. The standard InChI is InChI=1S/C18H21N5O3/c1-2-3-13-15-12-5-4-10(23(12)18(24)25)8-22(15)16-14-11(20-9-21-16)6-7-19-17(14)26-13/h6-7,9-10,12-13,15H,2-5,8H2,1H3,(H,24,25). The van der Waals surface area contributed by atoms with Gasteiger partial charge in [-0.05, 0) is 25.3 Å². The van der Waals surface area contributed by atoms with Crippen molar-refractivity contribution in [1.29, 1.82) is 0 Å². The van der Waals surface area contributed by atoms with Crippen LogP contribution in [0.1, 0.15) is 32.6 Å². The van der Waals surface area contributed by atoms with Crippen molar-refractivity contribution in [3.8, 4) is 5.88 Å². The van der Waals surface area contributed by atoms with Crippen LogP contribution in [0.4, 0.5) is 10.6 Å². The number of amides is 1. The third-order valence-corrected chi connectivity index (χ3v) is 5.91. The zero-order chi connectivity index (χ0) is 17.8. The van der Waals surface area contributed by atoms with Crippen molar-refractivity contribution in [2.45, 2.75) is 56.8 Å². The van der Waals surface area contributed by atoms with E-state index in [9.17, 15) is 9.90 Å². The molecular formula is C18H21N5O3. The van der Waals surface area contributed by atoms with Crippen molar-refractivity contribution in [2.24, 2.45) is 0 Å². The molecule has 0 aromatic carbocycles. The van der Waals surface area contributed by atoms with E-state index in [0.717, 1.165) is 42.4 Å². The van der Waals surface area contributed by atoms with Gasteiger partial charge in [-0.15, -0.1) is 0 Å². The Kier molecular flexibility index (Phi) is 3.41.